The fourth-order valence-electron chi connectivity index (χ4n) is 3.50. The molecule has 0 unspecified atom stereocenters. The van der Waals surface area contributed by atoms with Crippen LogP contribution in [-0.4, -0.2) is 26.7 Å². The summed E-state index contributed by atoms with van der Waals surface area (Å²) < 4.78 is 5.54. The molecule has 2 fully saturated rings. The Bertz CT molecular complexity index is 768. The monoisotopic (exact) mass is 343 g/mol. The van der Waals surface area contributed by atoms with Gasteiger partial charge in [0.15, 0.2) is 5.82 Å². The van der Waals surface area contributed by atoms with Crippen LogP contribution < -0.4 is 0 Å². The number of hydrogen-bond acceptors (Lipinski definition) is 5. The fraction of sp³-hybridized carbons (Fsp3) is 0.500. The van der Waals surface area contributed by atoms with Crippen molar-refractivity contribution in [3.8, 4) is 0 Å². The molecule has 1 amide bonds. The van der Waals surface area contributed by atoms with Crippen molar-refractivity contribution in [2.24, 2.45) is 0 Å². The first-order chi connectivity index (χ1) is 11.4. The smallest absolute Gasteiger partial charge is 0.250 e. The van der Waals surface area contributed by atoms with Crippen LogP contribution in [-0.2, 0) is 15.1 Å². The molecule has 3 heterocycles. The van der Waals surface area contributed by atoms with Gasteiger partial charge in [0.25, 0.3) is 0 Å². The number of fused-ring (bicyclic) bond motifs is 1. The van der Waals surface area contributed by atoms with Crippen LogP contribution in [0.5, 0.6) is 0 Å². The van der Waals surface area contributed by atoms with E-state index in [0.29, 0.717) is 18.1 Å². The zero-order chi connectivity index (χ0) is 16.9. The molecule has 1 aromatic carbocycles. The molecule has 2 aliphatic rings. The van der Waals surface area contributed by atoms with Gasteiger partial charge in [-0.25, -0.2) is 0 Å². The molecule has 126 valence electrons. The minimum absolute atomic E-state index is 0.145. The van der Waals surface area contributed by atoms with Crippen LogP contribution in [0.15, 0.2) is 34.9 Å². The lowest BCUT2D eigenvalue weighted by Gasteiger charge is -2.33. The Labute approximate surface area is 145 Å². The molecule has 2 aliphatic heterocycles. The van der Waals surface area contributed by atoms with Gasteiger partial charge < -0.3 is 9.42 Å². The summed E-state index contributed by atoms with van der Waals surface area (Å²) in [7, 11) is 0. The Morgan fingerprint density at radius 3 is 2.71 bits per heavy atom. The minimum atomic E-state index is -0.292. The Balaban J connectivity index is 1.72. The van der Waals surface area contributed by atoms with E-state index in [2.05, 4.69) is 43.0 Å². The number of carbonyl (C=O) groups excluding carboxylic acids is 1. The molecule has 0 bridgehead atoms. The van der Waals surface area contributed by atoms with E-state index in [4.69, 9.17) is 4.52 Å². The molecule has 0 saturated carbocycles. The van der Waals surface area contributed by atoms with E-state index < -0.39 is 0 Å². The zero-order valence-corrected chi connectivity index (χ0v) is 15.0. The van der Waals surface area contributed by atoms with E-state index in [1.54, 1.807) is 0 Å². The van der Waals surface area contributed by atoms with E-state index in [1.807, 2.05) is 34.9 Å². The molecule has 0 spiro atoms. The van der Waals surface area contributed by atoms with Gasteiger partial charge in [0, 0.05) is 17.6 Å². The highest BCUT2D eigenvalue weighted by Gasteiger charge is 2.56. The van der Waals surface area contributed by atoms with E-state index >= 15 is 0 Å². The van der Waals surface area contributed by atoms with Crippen LogP contribution >= 0.6 is 11.8 Å². The van der Waals surface area contributed by atoms with E-state index in [-0.39, 0.29) is 22.2 Å². The van der Waals surface area contributed by atoms with Crippen molar-refractivity contribution in [3.05, 3.63) is 47.6 Å². The molecule has 2 saturated heterocycles. The maximum Gasteiger partial charge on any atom is 0.250 e. The first-order valence-electron chi connectivity index (χ1n) is 8.27. The van der Waals surface area contributed by atoms with Crippen LogP contribution in [0.25, 0.3) is 0 Å². The van der Waals surface area contributed by atoms with Gasteiger partial charge in [0.2, 0.25) is 11.8 Å². The normalized spacial score (nSPS) is 26.9. The van der Waals surface area contributed by atoms with E-state index in [9.17, 15) is 4.79 Å². The summed E-state index contributed by atoms with van der Waals surface area (Å²) in [6.07, 6.45) is 1.40. The molecule has 2 atom stereocenters. The summed E-state index contributed by atoms with van der Waals surface area (Å²) in [5.74, 6) is 2.20. The maximum absolute atomic E-state index is 12.6. The van der Waals surface area contributed by atoms with Crippen LogP contribution in [0.2, 0.25) is 0 Å². The Hall–Kier alpha value is -1.82. The van der Waals surface area contributed by atoms with Gasteiger partial charge in [-0.15, -0.1) is 11.8 Å². The second-order valence-electron chi connectivity index (χ2n) is 7.45. The molecule has 6 heteroatoms. The molecular weight excluding hydrogens is 322 g/mol. The minimum Gasteiger partial charge on any atom is -0.337 e. The molecule has 1 aromatic heterocycles. The van der Waals surface area contributed by atoms with Gasteiger partial charge >= 0.3 is 0 Å². The summed E-state index contributed by atoms with van der Waals surface area (Å²) in [6, 6.07) is 10.1. The van der Waals surface area contributed by atoms with Crippen molar-refractivity contribution in [2.45, 2.75) is 49.9 Å². The molecule has 0 aliphatic carbocycles. The van der Waals surface area contributed by atoms with Crippen molar-refractivity contribution < 1.29 is 9.32 Å². The molecule has 0 N–H and O–H groups in total. The zero-order valence-electron chi connectivity index (χ0n) is 14.2. The molecule has 0 radical (unpaired) electrons. The predicted molar refractivity (Wildman–Crippen MR) is 92.4 cm³/mol. The van der Waals surface area contributed by atoms with Gasteiger partial charge in [-0.1, -0.05) is 56.3 Å². The van der Waals surface area contributed by atoms with Gasteiger partial charge in [0.1, 0.15) is 10.9 Å². The molecule has 4 rings (SSSR count). The largest absolute Gasteiger partial charge is 0.337 e. The lowest BCUT2D eigenvalue weighted by molar-refractivity contribution is -0.131. The molecule has 5 nitrogen and oxygen atoms in total. The first kappa shape index (κ1) is 15.7. The number of aromatic nitrogens is 2. The van der Waals surface area contributed by atoms with Crippen LogP contribution in [0, 0.1) is 0 Å². The second-order valence-corrected chi connectivity index (χ2v) is 8.74. The highest BCUT2D eigenvalue weighted by atomic mass is 32.2. The number of hydrogen-bond donors (Lipinski definition) is 0. The van der Waals surface area contributed by atoms with Gasteiger partial charge in [-0.05, 0) is 12.0 Å². The summed E-state index contributed by atoms with van der Waals surface area (Å²) in [5.41, 5.74) is 1.01. The third-order valence-electron chi connectivity index (χ3n) is 4.75. The van der Waals surface area contributed by atoms with E-state index in [0.717, 1.165) is 12.2 Å². The Kier molecular flexibility index (Phi) is 3.49. The first-order valence-corrected chi connectivity index (χ1v) is 9.26. The quantitative estimate of drug-likeness (QED) is 0.833. The SMILES string of the molecule is CC(C)(C)c1noc([C@H]2CS[C@@]3(c4ccccc4)CCC(=O)N23)n1. The van der Waals surface area contributed by atoms with Gasteiger partial charge in [-0.2, -0.15) is 4.98 Å². The third kappa shape index (κ3) is 2.27. The summed E-state index contributed by atoms with van der Waals surface area (Å²) in [4.78, 5) is 18.9. The summed E-state index contributed by atoms with van der Waals surface area (Å²) in [5, 5.41) is 4.13. The van der Waals surface area contributed by atoms with Gasteiger partial charge in [-0.3, -0.25) is 4.79 Å². The van der Waals surface area contributed by atoms with Crippen LogP contribution in [0.4, 0.5) is 0 Å². The number of amides is 1. The van der Waals surface area contributed by atoms with Crippen molar-refractivity contribution in [3.63, 3.8) is 0 Å². The van der Waals surface area contributed by atoms with Crippen molar-refractivity contribution in [1.29, 1.82) is 0 Å². The second kappa shape index (κ2) is 5.34. The van der Waals surface area contributed by atoms with Crippen molar-refractivity contribution >= 4 is 17.7 Å². The van der Waals surface area contributed by atoms with Crippen LogP contribution in [0.3, 0.4) is 0 Å². The molecule has 2 aromatic rings. The summed E-state index contributed by atoms with van der Waals surface area (Å²) in [6.45, 7) is 6.17. The Morgan fingerprint density at radius 2 is 2.04 bits per heavy atom. The number of rotatable bonds is 2. The lowest BCUT2D eigenvalue weighted by atomic mass is 9.96. The predicted octanol–water partition coefficient (Wildman–Crippen LogP) is 3.63. The molecular formula is C18H21N3O2S. The average molecular weight is 343 g/mol. The highest BCUT2D eigenvalue weighted by molar-refractivity contribution is 8.00. The number of nitrogens with zero attached hydrogens (tertiary/aromatic N) is 3. The lowest BCUT2D eigenvalue weighted by Crippen LogP contribution is -2.38. The van der Waals surface area contributed by atoms with Gasteiger partial charge in [0.05, 0.1) is 0 Å². The van der Waals surface area contributed by atoms with E-state index in [1.165, 1.54) is 5.56 Å². The molecule has 24 heavy (non-hydrogen) atoms. The standard InChI is InChI=1S/C18H21N3O2S/c1-17(2,3)16-19-15(23-20-16)13-11-24-18(10-9-14(22)21(13)18)12-7-5-4-6-8-12/h4-8,13H,9-11H2,1-3H3/t13-,18-/m1/s1. The summed E-state index contributed by atoms with van der Waals surface area (Å²) >= 11 is 1.81. The van der Waals surface area contributed by atoms with Crippen molar-refractivity contribution in [2.75, 3.05) is 5.75 Å². The number of carbonyl (C=O) groups is 1. The van der Waals surface area contributed by atoms with Crippen molar-refractivity contribution in [1.82, 2.24) is 15.0 Å². The maximum atomic E-state index is 12.6. The highest BCUT2D eigenvalue weighted by Crippen LogP contribution is 2.58. The third-order valence-corrected chi connectivity index (χ3v) is 6.35. The Morgan fingerprint density at radius 1 is 1.29 bits per heavy atom. The van der Waals surface area contributed by atoms with Crippen LogP contribution in [0.1, 0.15) is 56.9 Å². The topological polar surface area (TPSA) is 59.2 Å². The average Bonchev–Trinajstić information content (AvgIpc) is 3.24. The number of benzene rings is 1. The number of thioether (sulfide) groups is 1. The fourth-order valence-corrected chi connectivity index (χ4v) is 5.14.